The Labute approximate surface area is 172 Å². The van der Waals surface area contributed by atoms with Crippen molar-refractivity contribution in [2.75, 3.05) is 18.6 Å². The number of ether oxygens (including phenoxy) is 1. The van der Waals surface area contributed by atoms with Crippen LogP contribution < -0.4 is 14.4 Å². The lowest BCUT2D eigenvalue weighted by atomic mass is 9.98. The molecule has 1 unspecified atom stereocenters. The van der Waals surface area contributed by atoms with E-state index in [0.717, 1.165) is 23.1 Å². The summed E-state index contributed by atoms with van der Waals surface area (Å²) < 4.78 is 34.5. The number of hydrogen-bond donors (Lipinski definition) is 1. The number of carbonyl (C=O) groups excluding carboxylic acids is 1. The maximum absolute atomic E-state index is 13.1. The summed E-state index contributed by atoms with van der Waals surface area (Å²) in [5.74, 6) is 0.466. The van der Waals surface area contributed by atoms with Gasteiger partial charge in [-0.3, -0.25) is 4.79 Å². The molecule has 29 heavy (non-hydrogen) atoms. The van der Waals surface area contributed by atoms with E-state index >= 15 is 0 Å². The highest BCUT2D eigenvalue weighted by Crippen LogP contribution is 2.34. The largest absolute Gasteiger partial charge is 0.495 e. The van der Waals surface area contributed by atoms with E-state index in [4.69, 9.17) is 4.74 Å². The van der Waals surface area contributed by atoms with Crippen molar-refractivity contribution < 1.29 is 17.9 Å². The quantitative estimate of drug-likeness (QED) is 0.743. The molecule has 0 bridgehead atoms. The average molecular weight is 417 g/mol. The Balaban J connectivity index is 1.95. The van der Waals surface area contributed by atoms with Crippen molar-refractivity contribution in [1.82, 2.24) is 4.72 Å². The van der Waals surface area contributed by atoms with Crippen LogP contribution in [0.15, 0.2) is 41.3 Å². The van der Waals surface area contributed by atoms with E-state index in [0.29, 0.717) is 30.8 Å². The standard InChI is InChI=1S/C22H28N2O4S/c1-5-19(18-10-8-15(2)13-16(18)3)23-29(26,27)17-9-11-21(28-4)20(14-17)24-12-6-7-22(24)25/h8-11,13-14,19,23H,5-7,12H2,1-4H3. The summed E-state index contributed by atoms with van der Waals surface area (Å²) in [4.78, 5) is 13.9. The topological polar surface area (TPSA) is 75.7 Å². The predicted molar refractivity (Wildman–Crippen MR) is 114 cm³/mol. The van der Waals surface area contributed by atoms with Gasteiger partial charge in [-0.2, -0.15) is 0 Å². The molecule has 2 aromatic carbocycles. The number of amides is 1. The summed E-state index contributed by atoms with van der Waals surface area (Å²) in [5, 5.41) is 0. The third kappa shape index (κ3) is 4.46. The molecule has 1 N–H and O–H groups in total. The molecule has 1 atom stereocenters. The molecule has 1 aliphatic rings. The zero-order valence-electron chi connectivity index (χ0n) is 17.4. The maximum atomic E-state index is 13.1. The van der Waals surface area contributed by atoms with Crippen LogP contribution >= 0.6 is 0 Å². The molecule has 1 saturated heterocycles. The third-order valence-corrected chi connectivity index (χ3v) is 6.80. The van der Waals surface area contributed by atoms with E-state index in [9.17, 15) is 13.2 Å². The molecule has 1 heterocycles. The van der Waals surface area contributed by atoms with Crippen molar-refractivity contribution in [3.63, 3.8) is 0 Å². The summed E-state index contributed by atoms with van der Waals surface area (Å²) in [6, 6.07) is 10.3. The number of methoxy groups -OCH3 is 1. The molecule has 1 fully saturated rings. The molecule has 0 aliphatic carbocycles. The smallest absolute Gasteiger partial charge is 0.241 e. The number of anilines is 1. The van der Waals surface area contributed by atoms with Crippen molar-refractivity contribution in [3.8, 4) is 5.75 Å². The summed E-state index contributed by atoms with van der Waals surface area (Å²) >= 11 is 0. The normalized spacial score (nSPS) is 15.6. The van der Waals surface area contributed by atoms with Crippen LogP contribution in [0.4, 0.5) is 5.69 Å². The van der Waals surface area contributed by atoms with Gasteiger partial charge < -0.3 is 9.64 Å². The highest BCUT2D eigenvalue weighted by Gasteiger charge is 2.27. The van der Waals surface area contributed by atoms with E-state index in [1.165, 1.54) is 19.2 Å². The van der Waals surface area contributed by atoms with Gasteiger partial charge in [0, 0.05) is 19.0 Å². The number of carbonyl (C=O) groups is 1. The molecule has 1 amide bonds. The van der Waals surface area contributed by atoms with E-state index in [1.807, 2.05) is 32.9 Å². The van der Waals surface area contributed by atoms with Gasteiger partial charge in [-0.1, -0.05) is 30.7 Å². The minimum Gasteiger partial charge on any atom is -0.495 e. The zero-order valence-corrected chi connectivity index (χ0v) is 18.2. The first kappa shape index (κ1) is 21.3. The summed E-state index contributed by atoms with van der Waals surface area (Å²) in [6.45, 7) is 6.52. The van der Waals surface area contributed by atoms with Crippen molar-refractivity contribution in [2.24, 2.45) is 0 Å². The highest BCUT2D eigenvalue weighted by molar-refractivity contribution is 7.89. The van der Waals surface area contributed by atoms with Gasteiger partial charge in [0.15, 0.2) is 0 Å². The second-order valence-corrected chi connectivity index (χ2v) is 9.14. The first-order valence-electron chi connectivity index (χ1n) is 9.84. The molecule has 0 spiro atoms. The van der Waals surface area contributed by atoms with Crippen molar-refractivity contribution >= 4 is 21.6 Å². The minimum atomic E-state index is -3.78. The predicted octanol–water partition coefficient (Wildman–Crippen LogP) is 3.87. The van der Waals surface area contributed by atoms with Gasteiger partial charge >= 0.3 is 0 Å². The van der Waals surface area contributed by atoms with Gasteiger partial charge in [0.1, 0.15) is 5.75 Å². The summed E-state index contributed by atoms with van der Waals surface area (Å²) in [5.41, 5.74) is 3.65. The number of benzene rings is 2. The number of nitrogens with one attached hydrogen (secondary N) is 1. The van der Waals surface area contributed by atoms with Crippen molar-refractivity contribution in [3.05, 3.63) is 53.1 Å². The first-order chi connectivity index (χ1) is 13.8. The molecule has 3 rings (SSSR count). The molecule has 6 nitrogen and oxygen atoms in total. The van der Waals surface area contributed by atoms with Gasteiger partial charge in [-0.15, -0.1) is 0 Å². The second-order valence-electron chi connectivity index (χ2n) is 7.42. The monoisotopic (exact) mass is 416 g/mol. The number of nitrogens with zero attached hydrogens (tertiary/aromatic N) is 1. The lowest BCUT2D eigenvalue weighted by Gasteiger charge is -2.22. The van der Waals surface area contributed by atoms with Crippen LogP contribution in [-0.4, -0.2) is 28.0 Å². The Kier molecular flexibility index (Phi) is 6.29. The molecular formula is C22H28N2O4S. The van der Waals surface area contributed by atoms with E-state index in [-0.39, 0.29) is 16.8 Å². The van der Waals surface area contributed by atoms with E-state index in [1.54, 1.807) is 11.0 Å². The van der Waals surface area contributed by atoms with Gasteiger partial charge in [0.25, 0.3) is 0 Å². The maximum Gasteiger partial charge on any atom is 0.241 e. The van der Waals surface area contributed by atoms with Crippen LogP contribution in [0.5, 0.6) is 5.75 Å². The zero-order chi connectivity index (χ0) is 21.2. The van der Waals surface area contributed by atoms with Gasteiger partial charge in [0.05, 0.1) is 17.7 Å². The van der Waals surface area contributed by atoms with Crippen molar-refractivity contribution in [2.45, 2.75) is 51.0 Å². The Hall–Kier alpha value is -2.38. The molecule has 2 aromatic rings. The van der Waals surface area contributed by atoms with Crippen LogP contribution in [0.2, 0.25) is 0 Å². The van der Waals surface area contributed by atoms with Crippen molar-refractivity contribution in [1.29, 1.82) is 0 Å². The minimum absolute atomic E-state index is 0.0208. The van der Waals surface area contributed by atoms with Crippen LogP contribution in [0.1, 0.15) is 48.9 Å². The lowest BCUT2D eigenvalue weighted by Crippen LogP contribution is -2.29. The Bertz CT molecular complexity index is 1020. The molecule has 156 valence electrons. The molecule has 7 heteroatoms. The van der Waals surface area contributed by atoms with Crippen LogP contribution in [-0.2, 0) is 14.8 Å². The Morgan fingerprint density at radius 3 is 2.52 bits per heavy atom. The number of hydrogen-bond acceptors (Lipinski definition) is 4. The Morgan fingerprint density at radius 1 is 1.17 bits per heavy atom. The number of aryl methyl sites for hydroxylation is 2. The first-order valence-corrected chi connectivity index (χ1v) is 11.3. The van der Waals surface area contributed by atoms with Crippen LogP contribution in [0, 0.1) is 13.8 Å². The highest BCUT2D eigenvalue weighted by atomic mass is 32.2. The SMILES string of the molecule is CCC(NS(=O)(=O)c1ccc(OC)c(N2CCCC2=O)c1)c1ccc(C)cc1C. The molecule has 0 saturated carbocycles. The third-order valence-electron chi connectivity index (χ3n) is 5.33. The Morgan fingerprint density at radius 2 is 1.93 bits per heavy atom. The fraction of sp³-hybridized carbons (Fsp3) is 0.409. The van der Waals surface area contributed by atoms with Gasteiger partial charge in [-0.25, -0.2) is 13.1 Å². The average Bonchev–Trinajstić information content (AvgIpc) is 3.11. The van der Waals surface area contributed by atoms with Gasteiger partial charge in [-0.05, 0) is 56.0 Å². The lowest BCUT2D eigenvalue weighted by molar-refractivity contribution is -0.117. The fourth-order valence-electron chi connectivity index (χ4n) is 3.79. The molecule has 0 aromatic heterocycles. The number of rotatable bonds is 7. The van der Waals surface area contributed by atoms with Gasteiger partial charge in [0.2, 0.25) is 15.9 Å². The fourth-order valence-corrected chi connectivity index (χ4v) is 5.11. The molecular weight excluding hydrogens is 388 g/mol. The molecule has 0 radical (unpaired) electrons. The summed E-state index contributed by atoms with van der Waals surface area (Å²) in [6.07, 6.45) is 1.83. The summed E-state index contributed by atoms with van der Waals surface area (Å²) in [7, 11) is -2.27. The van der Waals surface area contributed by atoms with E-state index in [2.05, 4.69) is 10.8 Å². The van der Waals surface area contributed by atoms with Crippen LogP contribution in [0.3, 0.4) is 0 Å². The van der Waals surface area contributed by atoms with Crippen LogP contribution in [0.25, 0.3) is 0 Å². The second kappa shape index (κ2) is 8.55. The number of sulfonamides is 1. The molecule has 1 aliphatic heterocycles. The van der Waals surface area contributed by atoms with E-state index < -0.39 is 10.0 Å².